The van der Waals surface area contributed by atoms with Crippen LogP contribution in [0.3, 0.4) is 0 Å². The molecule has 0 heterocycles. The second-order valence-corrected chi connectivity index (χ2v) is 4.22. The Morgan fingerprint density at radius 3 is 2.86 bits per heavy atom. The van der Waals surface area contributed by atoms with E-state index in [1.165, 1.54) is 7.11 Å². The number of methoxy groups -OCH3 is 1. The van der Waals surface area contributed by atoms with E-state index in [0.717, 1.165) is 0 Å². The van der Waals surface area contributed by atoms with Gasteiger partial charge in [0.25, 0.3) is 0 Å². The maximum atomic E-state index is 11.4. The Kier molecular flexibility index (Phi) is 2.31. The summed E-state index contributed by atoms with van der Waals surface area (Å²) in [5.74, 6) is -0.427. The van der Waals surface area contributed by atoms with Crippen molar-refractivity contribution in [2.24, 2.45) is 17.8 Å². The van der Waals surface area contributed by atoms with Crippen molar-refractivity contribution in [1.82, 2.24) is 0 Å². The first-order valence-electron chi connectivity index (χ1n) is 4.91. The van der Waals surface area contributed by atoms with Gasteiger partial charge in [-0.15, -0.1) is 0 Å². The van der Waals surface area contributed by atoms with Gasteiger partial charge in [0.15, 0.2) is 0 Å². The SMILES string of the molecule is COC(=O)[C@H]1[C@H]2CC(=O)C[C@H]2C[C@@H]1O. The quantitative estimate of drug-likeness (QED) is 0.608. The summed E-state index contributed by atoms with van der Waals surface area (Å²) in [4.78, 5) is 22.6. The van der Waals surface area contributed by atoms with E-state index >= 15 is 0 Å². The predicted molar refractivity (Wildman–Crippen MR) is 47.4 cm³/mol. The van der Waals surface area contributed by atoms with Crippen LogP contribution in [0.25, 0.3) is 0 Å². The Bertz CT molecular complexity index is 273. The first kappa shape index (κ1) is 9.65. The molecule has 4 atom stereocenters. The van der Waals surface area contributed by atoms with Crippen molar-refractivity contribution in [1.29, 1.82) is 0 Å². The summed E-state index contributed by atoms with van der Waals surface area (Å²) in [6.07, 6.45) is 0.901. The van der Waals surface area contributed by atoms with Crippen LogP contribution in [0.1, 0.15) is 19.3 Å². The molecule has 78 valence electrons. The lowest BCUT2D eigenvalue weighted by Crippen LogP contribution is -2.29. The van der Waals surface area contributed by atoms with Crippen LogP contribution in [0.2, 0.25) is 0 Å². The lowest BCUT2D eigenvalue weighted by Gasteiger charge is -2.17. The van der Waals surface area contributed by atoms with Gasteiger partial charge in [0.05, 0.1) is 19.1 Å². The summed E-state index contributed by atoms with van der Waals surface area (Å²) in [5, 5.41) is 9.67. The van der Waals surface area contributed by atoms with E-state index in [1.807, 2.05) is 0 Å². The molecule has 14 heavy (non-hydrogen) atoms. The number of aliphatic hydroxyl groups is 1. The van der Waals surface area contributed by atoms with Gasteiger partial charge in [-0.25, -0.2) is 0 Å². The Morgan fingerprint density at radius 1 is 1.50 bits per heavy atom. The van der Waals surface area contributed by atoms with Crippen molar-refractivity contribution in [2.75, 3.05) is 7.11 Å². The number of ether oxygens (including phenoxy) is 1. The Morgan fingerprint density at radius 2 is 2.21 bits per heavy atom. The maximum absolute atomic E-state index is 11.4. The molecule has 2 fully saturated rings. The standard InChI is InChI=1S/C10H14O4/c1-14-10(13)9-7-4-6(11)2-5(7)3-8(9)12/h5,7-9,12H,2-4H2,1H3/t5-,7-,8-,9-/m0/s1. The highest BCUT2D eigenvalue weighted by Gasteiger charge is 2.51. The fraction of sp³-hybridized carbons (Fsp3) is 0.800. The van der Waals surface area contributed by atoms with E-state index in [-0.39, 0.29) is 23.6 Å². The zero-order valence-corrected chi connectivity index (χ0v) is 8.10. The molecule has 0 spiro atoms. The number of esters is 1. The maximum Gasteiger partial charge on any atom is 0.311 e. The van der Waals surface area contributed by atoms with Crippen LogP contribution in [0.5, 0.6) is 0 Å². The number of aliphatic hydroxyl groups excluding tert-OH is 1. The largest absolute Gasteiger partial charge is 0.469 e. The number of hydrogen-bond donors (Lipinski definition) is 1. The highest BCUT2D eigenvalue weighted by molar-refractivity contribution is 5.84. The van der Waals surface area contributed by atoms with Crippen molar-refractivity contribution < 1.29 is 19.4 Å². The van der Waals surface area contributed by atoms with Gasteiger partial charge >= 0.3 is 5.97 Å². The third-order valence-corrected chi connectivity index (χ3v) is 3.45. The number of carbonyl (C=O) groups is 2. The summed E-state index contributed by atoms with van der Waals surface area (Å²) in [7, 11) is 1.32. The predicted octanol–water partition coefficient (Wildman–Crippen LogP) is 0.135. The number of Topliss-reactive ketones (excluding diaryl/α,β-unsaturated/α-hetero) is 1. The molecule has 0 bridgehead atoms. The molecule has 1 N–H and O–H groups in total. The van der Waals surface area contributed by atoms with Gasteiger partial charge in [0.1, 0.15) is 5.78 Å². The third kappa shape index (κ3) is 1.34. The molecule has 0 aromatic heterocycles. The van der Waals surface area contributed by atoms with Crippen LogP contribution in [-0.2, 0) is 14.3 Å². The molecular weight excluding hydrogens is 184 g/mol. The van der Waals surface area contributed by atoms with E-state index in [9.17, 15) is 14.7 Å². The van der Waals surface area contributed by atoms with Gasteiger partial charge in [-0.2, -0.15) is 0 Å². The van der Waals surface area contributed by atoms with E-state index < -0.39 is 12.0 Å². The fourth-order valence-electron chi connectivity index (χ4n) is 2.85. The number of ketones is 1. The number of carbonyl (C=O) groups excluding carboxylic acids is 2. The molecule has 2 aliphatic carbocycles. The molecular formula is C10H14O4. The summed E-state index contributed by atoms with van der Waals surface area (Å²) >= 11 is 0. The molecule has 0 radical (unpaired) electrons. The smallest absolute Gasteiger partial charge is 0.311 e. The topological polar surface area (TPSA) is 63.6 Å². The van der Waals surface area contributed by atoms with E-state index in [1.54, 1.807) is 0 Å². The van der Waals surface area contributed by atoms with Gasteiger partial charge in [0.2, 0.25) is 0 Å². The molecule has 2 saturated carbocycles. The van der Waals surface area contributed by atoms with Crippen molar-refractivity contribution in [3.8, 4) is 0 Å². The van der Waals surface area contributed by atoms with Crippen molar-refractivity contribution >= 4 is 11.8 Å². The molecule has 0 aromatic carbocycles. The summed E-state index contributed by atoms with van der Waals surface area (Å²) in [6.45, 7) is 0. The lowest BCUT2D eigenvalue weighted by atomic mass is 9.91. The Balaban J connectivity index is 2.16. The van der Waals surface area contributed by atoms with Crippen LogP contribution in [0, 0.1) is 17.8 Å². The highest BCUT2D eigenvalue weighted by Crippen LogP contribution is 2.46. The second-order valence-electron chi connectivity index (χ2n) is 4.22. The van der Waals surface area contributed by atoms with E-state index in [4.69, 9.17) is 0 Å². The van der Waals surface area contributed by atoms with Crippen LogP contribution >= 0.6 is 0 Å². The zero-order valence-electron chi connectivity index (χ0n) is 8.10. The minimum absolute atomic E-state index is 0.0185. The molecule has 0 aliphatic heterocycles. The first-order chi connectivity index (χ1) is 6.63. The number of fused-ring (bicyclic) bond motifs is 1. The lowest BCUT2D eigenvalue weighted by molar-refractivity contribution is -0.150. The van der Waals surface area contributed by atoms with Crippen LogP contribution in [-0.4, -0.2) is 30.1 Å². The molecule has 2 rings (SSSR count). The first-order valence-corrected chi connectivity index (χ1v) is 4.91. The van der Waals surface area contributed by atoms with Crippen molar-refractivity contribution in [2.45, 2.75) is 25.4 Å². The monoisotopic (exact) mass is 198 g/mol. The van der Waals surface area contributed by atoms with Gasteiger partial charge < -0.3 is 9.84 Å². The third-order valence-electron chi connectivity index (χ3n) is 3.45. The molecule has 0 unspecified atom stereocenters. The molecule has 2 aliphatic rings. The minimum Gasteiger partial charge on any atom is -0.469 e. The molecule has 4 heteroatoms. The van der Waals surface area contributed by atoms with Crippen LogP contribution in [0.4, 0.5) is 0 Å². The van der Waals surface area contributed by atoms with Crippen LogP contribution in [0.15, 0.2) is 0 Å². The normalized spacial score (nSPS) is 41.1. The average molecular weight is 198 g/mol. The second kappa shape index (κ2) is 3.35. The van der Waals surface area contributed by atoms with Crippen molar-refractivity contribution in [3.63, 3.8) is 0 Å². The highest BCUT2D eigenvalue weighted by atomic mass is 16.5. The molecule has 0 aromatic rings. The Labute approximate surface area is 82.2 Å². The summed E-state index contributed by atoms with van der Waals surface area (Å²) in [5.41, 5.74) is 0. The number of rotatable bonds is 1. The summed E-state index contributed by atoms with van der Waals surface area (Å²) < 4.78 is 4.64. The molecule has 0 amide bonds. The zero-order chi connectivity index (χ0) is 10.3. The van der Waals surface area contributed by atoms with E-state index in [2.05, 4.69) is 4.74 Å². The molecule has 0 saturated heterocycles. The van der Waals surface area contributed by atoms with Gasteiger partial charge in [-0.3, -0.25) is 9.59 Å². The van der Waals surface area contributed by atoms with Gasteiger partial charge in [-0.1, -0.05) is 0 Å². The van der Waals surface area contributed by atoms with Gasteiger partial charge in [0, 0.05) is 12.8 Å². The number of hydrogen-bond acceptors (Lipinski definition) is 4. The van der Waals surface area contributed by atoms with Crippen molar-refractivity contribution in [3.05, 3.63) is 0 Å². The average Bonchev–Trinajstić information content (AvgIpc) is 2.58. The fourth-order valence-corrected chi connectivity index (χ4v) is 2.85. The Hall–Kier alpha value is -0.900. The molecule has 4 nitrogen and oxygen atoms in total. The minimum atomic E-state index is -0.620. The van der Waals surface area contributed by atoms with Crippen LogP contribution < -0.4 is 0 Å². The van der Waals surface area contributed by atoms with Gasteiger partial charge in [-0.05, 0) is 18.3 Å². The van der Waals surface area contributed by atoms with E-state index in [0.29, 0.717) is 19.3 Å². The summed E-state index contributed by atoms with van der Waals surface area (Å²) in [6, 6.07) is 0.